The van der Waals surface area contributed by atoms with Gasteiger partial charge in [-0.1, -0.05) is 18.6 Å². The number of carboxylic acids is 1. The van der Waals surface area contributed by atoms with Crippen molar-refractivity contribution in [2.45, 2.75) is 57.4 Å². The first kappa shape index (κ1) is 25.1. The molecule has 0 bridgehead atoms. The van der Waals surface area contributed by atoms with E-state index in [9.17, 15) is 28.2 Å². The second-order valence-corrected chi connectivity index (χ2v) is 11.4. The number of carboxylic acid groups (broad SMARTS) is 1. The second kappa shape index (κ2) is 9.94. The summed E-state index contributed by atoms with van der Waals surface area (Å²) >= 11 is 0. The minimum atomic E-state index is -3.26. The molecule has 2 atom stereocenters. The molecule has 1 amide bonds. The van der Waals surface area contributed by atoms with E-state index < -0.39 is 21.9 Å². The zero-order valence-electron chi connectivity index (χ0n) is 19.8. The van der Waals surface area contributed by atoms with E-state index in [0.29, 0.717) is 55.7 Å². The Kier molecular flexibility index (Phi) is 7.13. The Morgan fingerprint density at radius 3 is 2.57 bits per heavy atom. The Hall–Kier alpha value is -2.99. The van der Waals surface area contributed by atoms with Crippen LogP contribution in [0.2, 0.25) is 0 Å². The van der Waals surface area contributed by atoms with Crippen molar-refractivity contribution in [3.8, 4) is 5.75 Å². The summed E-state index contributed by atoms with van der Waals surface area (Å²) in [7, 11) is -3.26. The Morgan fingerprint density at radius 1 is 1.20 bits per heavy atom. The van der Waals surface area contributed by atoms with Gasteiger partial charge >= 0.3 is 5.97 Å². The maximum absolute atomic E-state index is 13.0. The first-order valence-corrected chi connectivity index (χ1v) is 13.6. The molecule has 3 aliphatic rings. The summed E-state index contributed by atoms with van der Waals surface area (Å²) in [5.41, 5.74) is 4.34. The molecule has 1 aromatic rings. The number of aliphatic carboxylic acids is 1. The molecule has 1 saturated heterocycles. The monoisotopic (exact) mass is 505 g/mol. The van der Waals surface area contributed by atoms with Crippen molar-refractivity contribution in [2.24, 2.45) is 16.1 Å². The normalized spacial score (nSPS) is 25.7. The molecule has 2 unspecified atom stereocenters. The van der Waals surface area contributed by atoms with Gasteiger partial charge in [0.15, 0.2) is 5.71 Å². The van der Waals surface area contributed by atoms with E-state index in [1.165, 1.54) is 15.6 Å². The Morgan fingerprint density at radius 2 is 1.91 bits per heavy atom. The van der Waals surface area contributed by atoms with E-state index >= 15 is 0 Å². The van der Waals surface area contributed by atoms with Gasteiger partial charge in [0, 0.05) is 13.1 Å². The highest BCUT2D eigenvalue weighted by molar-refractivity contribution is 7.88. The molecule has 1 saturated carbocycles. The van der Waals surface area contributed by atoms with E-state index in [0.717, 1.165) is 12.8 Å². The summed E-state index contributed by atoms with van der Waals surface area (Å²) in [6.45, 7) is 2.34. The first-order chi connectivity index (χ1) is 16.6. The Bertz CT molecular complexity index is 1170. The Balaban J connectivity index is 1.45. The molecule has 4 rings (SSSR count). The number of phenolic OH excluding ortho intramolecular Hbond substituents is 1. The third-order valence-corrected chi connectivity index (χ3v) is 8.37. The number of nitrogens with zero attached hydrogens (tertiary/aromatic N) is 4. The molecule has 2 fully saturated rings. The van der Waals surface area contributed by atoms with Crippen LogP contribution < -0.4 is 5.43 Å². The molecule has 0 radical (unpaired) electrons. The van der Waals surface area contributed by atoms with Crippen LogP contribution in [0.1, 0.15) is 56.9 Å². The number of aromatic hydroxyl groups is 1. The number of piperidine rings is 1. The largest absolute Gasteiger partial charge is 0.505 e. The number of hydrogen-bond acceptors (Lipinski definition) is 8. The summed E-state index contributed by atoms with van der Waals surface area (Å²) in [5, 5.41) is 30.2. The van der Waals surface area contributed by atoms with E-state index in [4.69, 9.17) is 0 Å². The lowest BCUT2D eigenvalue weighted by Gasteiger charge is -2.33. The van der Waals surface area contributed by atoms with Crippen molar-refractivity contribution in [2.75, 3.05) is 24.8 Å². The number of rotatable bonds is 6. The van der Waals surface area contributed by atoms with Crippen LogP contribution in [0.15, 0.2) is 28.4 Å². The maximum atomic E-state index is 13.0. The summed E-state index contributed by atoms with van der Waals surface area (Å²) in [6, 6.07) is 4.99. The third-order valence-electron chi connectivity index (χ3n) is 7.07. The molecular formula is C23H31N5O6S. The summed E-state index contributed by atoms with van der Waals surface area (Å²) < 4.78 is 24.9. The molecular weight excluding hydrogens is 474 g/mol. The number of anilines is 1. The first-order valence-electron chi connectivity index (χ1n) is 11.8. The Labute approximate surface area is 204 Å². The molecule has 11 nitrogen and oxygen atoms in total. The maximum Gasteiger partial charge on any atom is 0.306 e. The minimum absolute atomic E-state index is 0.00192. The second-order valence-electron chi connectivity index (χ2n) is 9.44. The van der Waals surface area contributed by atoms with Gasteiger partial charge in [0.25, 0.3) is 5.91 Å². The van der Waals surface area contributed by atoms with Crippen molar-refractivity contribution >= 4 is 39.0 Å². The van der Waals surface area contributed by atoms with Crippen LogP contribution in [0.4, 0.5) is 5.69 Å². The van der Waals surface area contributed by atoms with Gasteiger partial charge in [0.2, 0.25) is 10.0 Å². The number of amides is 1. The van der Waals surface area contributed by atoms with Crippen LogP contribution in [0.3, 0.4) is 0 Å². The lowest BCUT2D eigenvalue weighted by molar-refractivity contribution is -0.143. The fraction of sp³-hybridized carbons (Fsp3) is 0.565. The van der Waals surface area contributed by atoms with Crippen molar-refractivity contribution in [1.82, 2.24) is 9.31 Å². The predicted octanol–water partition coefficient (Wildman–Crippen LogP) is 2.16. The zero-order chi connectivity index (χ0) is 25.3. The molecule has 12 heteroatoms. The van der Waals surface area contributed by atoms with Gasteiger partial charge in [-0.25, -0.2) is 17.7 Å². The molecule has 2 aliphatic heterocycles. The van der Waals surface area contributed by atoms with Crippen LogP contribution in [0, 0.1) is 5.92 Å². The molecule has 3 N–H and O–H groups in total. The summed E-state index contributed by atoms with van der Waals surface area (Å²) in [4.78, 5) is 24.4. The minimum Gasteiger partial charge on any atom is -0.505 e. The number of carbonyl (C=O) groups excluding carboxylic acids is 1. The number of nitrogens with one attached hydrogen (secondary N) is 1. The summed E-state index contributed by atoms with van der Waals surface area (Å²) in [6.07, 6.45) is 4.84. The number of benzene rings is 1. The third kappa shape index (κ3) is 5.32. The van der Waals surface area contributed by atoms with E-state index in [1.54, 1.807) is 25.1 Å². The molecule has 0 aromatic heterocycles. The van der Waals surface area contributed by atoms with E-state index in [2.05, 4.69) is 15.6 Å². The van der Waals surface area contributed by atoms with Crippen molar-refractivity contribution < 1.29 is 28.2 Å². The number of carbonyl (C=O) groups is 2. The number of hydrazone groups is 2. The van der Waals surface area contributed by atoms with Gasteiger partial charge in [-0.05, 0) is 56.6 Å². The number of hydrogen-bond donors (Lipinski definition) is 3. The van der Waals surface area contributed by atoms with Crippen LogP contribution >= 0.6 is 0 Å². The fourth-order valence-electron chi connectivity index (χ4n) is 5.11. The van der Waals surface area contributed by atoms with Gasteiger partial charge < -0.3 is 10.2 Å². The molecule has 1 aliphatic carbocycles. The van der Waals surface area contributed by atoms with Crippen LogP contribution in [0.25, 0.3) is 0 Å². The topological polar surface area (TPSA) is 152 Å². The standard InChI is InChI=1S/C23H31N5O6S/c1-14-20(22(30)28(26-14)17-9-11-27(12-10-17)35(2,33)34)25-24-19-8-4-7-18(21(19)29)15-5-3-6-16(13-15)23(31)32/h4,7-8,15-17,24,29H,3,5-6,9-13H2,1-2H3,(H,31,32). The van der Waals surface area contributed by atoms with Gasteiger partial charge in [0.1, 0.15) is 5.75 Å². The van der Waals surface area contributed by atoms with Crippen LogP contribution in [0.5, 0.6) is 5.75 Å². The van der Waals surface area contributed by atoms with E-state index in [1.807, 2.05) is 0 Å². The highest BCUT2D eigenvalue weighted by Gasteiger charge is 2.37. The van der Waals surface area contributed by atoms with Crippen LogP contribution in [-0.2, 0) is 19.6 Å². The van der Waals surface area contributed by atoms with Crippen molar-refractivity contribution in [3.63, 3.8) is 0 Å². The molecule has 1 aromatic carbocycles. The van der Waals surface area contributed by atoms with Crippen molar-refractivity contribution in [3.05, 3.63) is 23.8 Å². The SMILES string of the molecule is CC1=NN(C2CCN(S(C)(=O)=O)CC2)C(=O)C1=NNc1cccc(C2CCCC(C(=O)O)C2)c1O. The smallest absolute Gasteiger partial charge is 0.306 e. The van der Waals surface area contributed by atoms with E-state index in [-0.39, 0.29) is 29.3 Å². The molecule has 35 heavy (non-hydrogen) atoms. The summed E-state index contributed by atoms with van der Waals surface area (Å²) in [5.74, 6) is -1.67. The number of phenols is 1. The number of sulfonamides is 1. The van der Waals surface area contributed by atoms with Crippen molar-refractivity contribution in [1.29, 1.82) is 0 Å². The van der Waals surface area contributed by atoms with Gasteiger partial charge in [-0.15, -0.1) is 0 Å². The molecule has 0 spiro atoms. The zero-order valence-corrected chi connectivity index (χ0v) is 20.7. The molecule has 2 heterocycles. The van der Waals surface area contributed by atoms with Gasteiger partial charge in [-0.2, -0.15) is 10.2 Å². The lowest BCUT2D eigenvalue weighted by atomic mass is 9.77. The predicted molar refractivity (Wildman–Crippen MR) is 131 cm³/mol. The van der Waals surface area contributed by atoms with Gasteiger partial charge in [-0.3, -0.25) is 15.0 Å². The average Bonchev–Trinajstić information content (AvgIpc) is 3.11. The van der Waals surface area contributed by atoms with Gasteiger partial charge in [0.05, 0.1) is 29.6 Å². The lowest BCUT2D eigenvalue weighted by Crippen LogP contribution is -2.46. The highest BCUT2D eigenvalue weighted by atomic mass is 32.2. The molecule has 190 valence electrons. The number of para-hydroxylation sites is 1. The average molecular weight is 506 g/mol. The quantitative estimate of drug-likeness (QED) is 0.396. The van der Waals surface area contributed by atoms with Crippen LogP contribution in [-0.4, -0.2) is 76.6 Å². The highest BCUT2D eigenvalue weighted by Crippen LogP contribution is 2.42. The fourth-order valence-corrected chi connectivity index (χ4v) is 5.98.